The fraction of sp³-hybridized carbons (Fsp3) is 0.933. The third-order valence-corrected chi connectivity index (χ3v) is 4.49. The maximum atomic E-state index is 11.8. The second kappa shape index (κ2) is 6.71. The normalized spacial score (nSPS) is 28.0. The molecule has 19 heavy (non-hydrogen) atoms. The van der Waals surface area contributed by atoms with Crippen molar-refractivity contribution in [3.05, 3.63) is 0 Å². The Kier molecular flexibility index (Phi) is 5.22. The highest BCUT2D eigenvalue weighted by atomic mass is 16.5. The lowest BCUT2D eigenvalue weighted by Crippen LogP contribution is -2.53. The Balaban J connectivity index is 1.85. The van der Waals surface area contributed by atoms with Crippen LogP contribution in [0.15, 0.2) is 0 Å². The lowest BCUT2D eigenvalue weighted by atomic mass is 9.78. The van der Waals surface area contributed by atoms with E-state index in [0.717, 1.165) is 19.4 Å². The number of hydrogen-bond acceptors (Lipinski definition) is 3. The van der Waals surface area contributed by atoms with Crippen molar-refractivity contribution in [3.8, 4) is 0 Å². The van der Waals surface area contributed by atoms with Gasteiger partial charge in [-0.3, -0.25) is 4.79 Å². The molecule has 2 N–H and O–H groups in total. The van der Waals surface area contributed by atoms with Gasteiger partial charge in [-0.1, -0.05) is 19.3 Å². The molecule has 0 aromatic carbocycles. The summed E-state index contributed by atoms with van der Waals surface area (Å²) in [7, 11) is 0. The molecule has 4 heteroatoms. The van der Waals surface area contributed by atoms with Crippen LogP contribution in [-0.2, 0) is 9.53 Å². The number of likely N-dealkylation sites (N-methyl/N-ethyl adjacent to an activating group) is 1. The van der Waals surface area contributed by atoms with E-state index in [0.29, 0.717) is 12.6 Å². The van der Waals surface area contributed by atoms with Crippen LogP contribution in [0.5, 0.6) is 0 Å². The van der Waals surface area contributed by atoms with E-state index in [1.165, 1.54) is 32.1 Å². The number of hydrogen-bond donors (Lipinski definition) is 2. The molecule has 1 aliphatic heterocycles. The van der Waals surface area contributed by atoms with E-state index in [2.05, 4.69) is 10.6 Å². The summed E-state index contributed by atoms with van der Waals surface area (Å²) < 4.78 is 6.09. The Morgan fingerprint density at radius 2 is 2.11 bits per heavy atom. The summed E-state index contributed by atoms with van der Waals surface area (Å²) >= 11 is 0. The molecule has 110 valence electrons. The average molecular weight is 268 g/mol. The maximum Gasteiger partial charge on any atom is 0.236 e. The molecule has 2 fully saturated rings. The Hall–Kier alpha value is -0.610. The predicted molar refractivity (Wildman–Crippen MR) is 76.1 cm³/mol. The zero-order valence-electron chi connectivity index (χ0n) is 12.3. The predicted octanol–water partition coefficient (Wildman–Crippen LogP) is 1.98. The summed E-state index contributed by atoms with van der Waals surface area (Å²) in [6.07, 6.45) is 8.40. The smallest absolute Gasteiger partial charge is 0.236 e. The molecule has 0 radical (unpaired) electrons. The third-order valence-electron chi connectivity index (χ3n) is 4.49. The molecule has 2 rings (SSSR count). The highest BCUT2D eigenvalue weighted by Gasteiger charge is 2.38. The largest absolute Gasteiger partial charge is 0.375 e. The molecule has 1 spiro atoms. The van der Waals surface area contributed by atoms with Gasteiger partial charge in [-0.2, -0.15) is 0 Å². The highest BCUT2D eigenvalue weighted by molar-refractivity contribution is 5.81. The Labute approximate surface area is 116 Å². The summed E-state index contributed by atoms with van der Waals surface area (Å²) in [5.41, 5.74) is 0.106. The fourth-order valence-corrected chi connectivity index (χ4v) is 3.47. The van der Waals surface area contributed by atoms with E-state index in [1.54, 1.807) is 0 Å². The molecular weight excluding hydrogens is 240 g/mol. The van der Waals surface area contributed by atoms with E-state index in [9.17, 15) is 4.79 Å². The number of amides is 1. The molecule has 1 heterocycles. The van der Waals surface area contributed by atoms with Crippen molar-refractivity contribution in [2.24, 2.45) is 0 Å². The van der Waals surface area contributed by atoms with Gasteiger partial charge in [0.15, 0.2) is 0 Å². The van der Waals surface area contributed by atoms with Crippen molar-refractivity contribution in [2.45, 2.75) is 76.5 Å². The zero-order valence-corrected chi connectivity index (χ0v) is 12.3. The van der Waals surface area contributed by atoms with Crippen molar-refractivity contribution in [2.75, 3.05) is 13.2 Å². The first-order valence-corrected chi connectivity index (χ1v) is 7.83. The molecule has 0 aromatic rings. The molecule has 1 saturated heterocycles. The van der Waals surface area contributed by atoms with Gasteiger partial charge in [0, 0.05) is 19.2 Å². The first kappa shape index (κ1) is 14.8. The van der Waals surface area contributed by atoms with Crippen LogP contribution in [0.2, 0.25) is 0 Å². The summed E-state index contributed by atoms with van der Waals surface area (Å²) in [4.78, 5) is 11.8. The number of carbonyl (C=O) groups excluding carboxylic acids is 1. The first-order chi connectivity index (χ1) is 9.15. The molecule has 1 amide bonds. The molecule has 2 aliphatic rings. The topological polar surface area (TPSA) is 50.4 Å². The maximum absolute atomic E-state index is 11.8. The van der Waals surface area contributed by atoms with Crippen LogP contribution in [0.4, 0.5) is 0 Å². The van der Waals surface area contributed by atoms with Gasteiger partial charge in [0.05, 0.1) is 11.6 Å². The molecule has 0 aromatic heterocycles. The van der Waals surface area contributed by atoms with Gasteiger partial charge in [-0.25, -0.2) is 0 Å². The van der Waals surface area contributed by atoms with Crippen LogP contribution in [0.1, 0.15) is 58.8 Å². The lowest BCUT2D eigenvalue weighted by Gasteiger charge is -2.44. The van der Waals surface area contributed by atoms with Gasteiger partial charge in [0.25, 0.3) is 0 Å². The van der Waals surface area contributed by atoms with Gasteiger partial charge in [-0.05, 0) is 39.5 Å². The lowest BCUT2D eigenvalue weighted by molar-refractivity contribution is -0.125. The third kappa shape index (κ3) is 3.93. The minimum absolute atomic E-state index is 0.103. The van der Waals surface area contributed by atoms with Crippen molar-refractivity contribution in [1.82, 2.24) is 10.6 Å². The van der Waals surface area contributed by atoms with Crippen LogP contribution in [0.25, 0.3) is 0 Å². The Bertz CT molecular complexity index is 295. The van der Waals surface area contributed by atoms with Crippen molar-refractivity contribution >= 4 is 5.91 Å². The summed E-state index contributed by atoms with van der Waals surface area (Å²) in [6.45, 7) is 5.44. The summed E-state index contributed by atoms with van der Waals surface area (Å²) in [5, 5.41) is 6.36. The highest BCUT2D eigenvalue weighted by Crippen LogP contribution is 2.38. The van der Waals surface area contributed by atoms with Crippen molar-refractivity contribution in [1.29, 1.82) is 0 Å². The minimum Gasteiger partial charge on any atom is -0.375 e. The zero-order chi connectivity index (χ0) is 13.7. The van der Waals surface area contributed by atoms with Crippen LogP contribution >= 0.6 is 0 Å². The van der Waals surface area contributed by atoms with Crippen molar-refractivity contribution < 1.29 is 9.53 Å². The van der Waals surface area contributed by atoms with Gasteiger partial charge >= 0.3 is 0 Å². The molecule has 1 saturated carbocycles. The quantitative estimate of drug-likeness (QED) is 0.820. The van der Waals surface area contributed by atoms with Crippen LogP contribution in [0, 0.1) is 0 Å². The SMILES string of the molecule is CCNC(=O)C(C)NC1CCOC2(CCCCC2)C1. The Morgan fingerprint density at radius 1 is 1.37 bits per heavy atom. The second-order valence-corrected chi connectivity index (χ2v) is 6.06. The Morgan fingerprint density at radius 3 is 2.79 bits per heavy atom. The fourth-order valence-electron chi connectivity index (χ4n) is 3.47. The standard InChI is InChI=1S/C15H28N2O2/c1-3-16-14(18)12(2)17-13-7-10-19-15(11-13)8-5-4-6-9-15/h12-13,17H,3-11H2,1-2H3,(H,16,18). The van der Waals surface area contributed by atoms with Crippen LogP contribution in [-0.4, -0.2) is 36.7 Å². The monoisotopic (exact) mass is 268 g/mol. The van der Waals surface area contributed by atoms with E-state index in [4.69, 9.17) is 4.74 Å². The average Bonchev–Trinajstić information content (AvgIpc) is 2.40. The molecule has 0 bridgehead atoms. The van der Waals surface area contributed by atoms with Crippen LogP contribution in [0.3, 0.4) is 0 Å². The van der Waals surface area contributed by atoms with E-state index in [-0.39, 0.29) is 17.6 Å². The van der Waals surface area contributed by atoms with E-state index in [1.807, 2.05) is 13.8 Å². The van der Waals surface area contributed by atoms with Crippen LogP contribution < -0.4 is 10.6 Å². The number of nitrogens with one attached hydrogen (secondary N) is 2. The summed E-state index contributed by atoms with van der Waals surface area (Å²) in [5.74, 6) is 0.103. The molecular formula is C15H28N2O2. The molecule has 2 atom stereocenters. The van der Waals surface area contributed by atoms with Crippen molar-refractivity contribution in [3.63, 3.8) is 0 Å². The number of rotatable bonds is 4. The summed E-state index contributed by atoms with van der Waals surface area (Å²) in [6, 6.07) is 0.313. The molecule has 4 nitrogen and oxygen atoms in total. The van der Waals surface area contributed by atoms with Gasteiger partial charge < -0.3 is 15.4 Å². The van der Waals surface area contributed by atoms with Gasteiger partial charge in [0.2, 0.25) is 5.91 Å². The number of carbonyl (C=O) groups is 1. The van der Waals surface area contributed by atoms with Gasteiger partial charge in [-0.15, -0.1) is 0 Å². The first-order valence-electron chi connectivity index (χ1n) is 7.83. The number of ether oxygens (including phenoxy) is 1. The second-order valence-electron chi connectivity index (χ2n) is 6.06. The van der Waals surface area contributed by atoms with E-state index >= 15 is 0 Å². The molecule has 1 aliphatic carbocycles. The van der Waals surface area contributed by atoms with E-state index < -0.39 is 0 Å². The minimum atomic E-state index is -0.108. The molecule has 2 unspecified atom stereocenters. The van der Waals surface area contributed by atoms with Gasteiger partial charge in [0.1, 0.15) is 0 Å².